The van der Waals surface area contributed by atoms with Crippen LogP contribution in [0.25, 0.3) is 0 Å². The molecule has 4 heteroatoms. The van der Waals surface area contributed by atoms with Crippen LogP contribution in [0.15, 0.2) is 18.2 Å². The van der Waals surface area contributed by atoms with Crippen molar-refractivity contribution in [1.82, 2.24) is 0 Å². The molecule has 0 amide bonds. The molecule has 0 radical (unpaired) electrons. The Balaban J connectivity index is 2.72. The molecule has 1 aromatic carbocycles. The summed E-state index contributed by atoms with van der Waals surface area (Å²) in [5.41, 5.74) is 9.19. The molecule has 4 nitrogen and oxygen atoms in total. The molecule has 0 aromatic heterocycles. The maximum atomic E-state index is 6.17. The van der Waals surface area contributed by atoms with Gasteiger partial charge in [-0.25, -0.2) is 0 Å². The molecule has 0 saturated carbocycles. The van der Waals surface area contributed by atoms with Crippen LogP contribution in [0.3, 0.4) is 0 Å². The van der Waals surface area contributed by atoms with Crippen molar-refractivity contribution in [3.8, 4) is 0 Å². The molecule has 0 aliphatic carbocycles. The number of para-hydroxylation sites is 1. The number of nitrogens with zero attached hydrogens (tertiary/aromatic N) is 1. The van der Waals surface area contributed by atoms with Crippen molar-refractivity contribution in [1.29, 1.82) is 0 Å². The Bertz CT molecular complexity index is 359. The Kier molecular flexibility index (Phi) is 7.30. The second-order valence-corrected chi connectivity index (χ2v) is 4.39. The molecule has 19 heavy (non-hydrogen) atoms. The highest BCUT2D eigenvalue weighted by Crippen LogP contribution is 2.25. The first-order valence-corrected chi connectivity index (χ1v) is 6.96. The Morgan fingerprint density at radius 2 is 1.63 bits per heavy atom. The predicted molar refractivity (Wildman–Crippen MR) is 80.8 cm³/mol. The molecular formula is C15H26N2O2. The van der Waals surface area contributed by atoms with E-state index in [2.05, 4.69) is 11.0 Å². The average Bonchev–Trinajstić information content (AvgIpc) is 2.41. The van der Waals surface area contributed by atoms with Crippen molar-refractivity contribution in [2.75, 3.05) is 50.2 Å². The lowest BCUT2D eigenvalue weighted by molar-refractivity contribution is 0.141. The summed E-state index contributed by atoms with van der Waals surface area (Å²) in [6, 6.07) is 6.12. The van der Waals surface area contributed by atoms with Crippen LogP contribution in [0.5, 0.6) is 0 Å². The van der Waals surface area contributed by atoms with E-state index in [1.54, 1.807) is 0 Å². The predicted octanol–water partition coefficient (Wildman–Crippen LogP) is 2.46. The molecular weight excluding hydrogens is 240 g/mol. The van der Waals surface area contributed by atoms with E-state index in [0.717, 1.165) is 43.2 Å². The van der Waals surface area contributed by atoms with Gasteiger partial charge in [0.2, 0.25) is 0 Å². The van der Waals surface area contributed by atoms with Crippen LogP contribution in [0.1, 0.15) is 19.4 Å². The molecule has 0 aliphatic heterocycles. The third-order valence-corrected chi connectivity index (χ3v) is 3.06. The monoisotopic (exact) mass is 266 g/mol. The second kappa shape index (κ2) is 8.77. The molecule has 0 fully saturated rings. The molecule has 0 saturated heterocycles. The summed E-state index contributed by atoms with van der Waals surface area (Å²) in [5.74, 6) is 0. The van der Waals surface area contributed by atoms with Gasteiger partial charge < -0.3 is 20.1 Å². The highest BCUT2D eigenvalue weighted by molar-refractivity contribution is 5.70. The van der Waals surface area contributed by atoms with Gasteiger partial charge in [-0.3, -0.25) is 0 Å². The van der Waals surface area contributed by atoms with E-state index in [1.165, 1.54) is 0 Å². The Morgan fingerprint density at radius 3 is 2.16 bits per heavy atom. The number of hydrogen-bond donors (Lipinski definition) is 1. The fraction of sp³-hybridized carbons (Fsp3) is 0.600. The maximum Gasteiger partial charge on any atom is 0.0641 e. The molecule has 1 rings (SSSR count). The lowest BCUT2D eigenvalue weighted by Crippen LogP contribution is -2.31. The molecule has 1 aromatic rings. The van der Waals surface area contributed by atoms with Crippen LogP contribution in [-0.4, -0.2) is 39.5 Å². The fourth-order valence-corrected chi connectivity index (χ4v) is 1.93. The van der Waals surface area contributed by atoms with E-state index in [0.29, 0.717) is 13.2 Å². The average molecular weight is 266 g/mol. The van der Waals surface area contributed by atoms with Crippen molar-refractivity contribution in [2.45, 2.75) is 20.8 Å². The zero-order valence-electron chi connectivity index (χ0n) is 12.3. The molecule has 2 N–H and O–H groups in total. The summed E-state index contributed by atoms with van der Waals surface area (Å²) in [7, 11) is 0. The molecule has 0 heterocycles. The van der Waals surface area contributed by atoms with Crippen molar-refractivity contribution < 1.29 is 9.47 Å². The topological polar surface area (TPSA) is 47.7 Å². The van der Waals surface area contributed by atoms with Gasteiger partial charge in [0.1, 0.15) is 0 Å². The zero-order valence-corrected chi connectivity index (χ0v) is 12.3. The number of rotatable bonds is 9. The number of nitrogen functional groups attached to an aromatic ring is 1. The normalized spacial score (nSPS) is 10.7. The van der Waals surface area contributed by atoms with E-state index in [-0.39, 0.29) is 0 Å². The first-order chi connectivity index (χ1) is 9.20. The van der Waals surface area contributed by atoms with Gasteiger partial charge in [0, 0.05) is 26.3 Å². The van der Waals surface area contributed by atoms with Gasteiger partial charge in [-0.2, -0.15) is 0 Å². The van der Waals surface area contributed by atoms with Crippen molar-refractivity contribution in [3.63, 3.8) is 0 Å². The third-order valence-electron chi connectivity index (χ3n) is 3.06. The van der Waals surface area contributed by atoms with Crippen LogP contribution < -0.4 is 10.6 Å². The van der Waals surface area contributed by atoms with E-state index in [9.17, 15) is 0 Å². The van der Waals surface area contributed by atoms with Gasteiger partial charge in [-0.1, -0.05) is 12.1 Å². The Morgan fingerprint density at radius 1 is 1.05 bits per heavy atom. The fourth-order valence-electron chi connectivity index (χ4n) is 1.93. The van der Waals surface area contributed by atoms with E-state index in [4.69, 9.17) is 15.2 Å². The van der Waals surface area contributed by atoms with Crippen molar-refractivity contribution >= 4 is 11.4 Å². The molecule has 0 unspecified atom stereocenters. The van der Waals surface area contributed by atoms with Crippen LogP contribution in [0.4, 0.5) is 11.4 Å². The summed E-state index contributed by atoms with van der Waals surface area (Å²) in [6.45, 7) is 10.6. The number of benzene rings is 1. The minimum atomic E-state index is 0.704. The minimum Gasteiger partial charge on any atom is -0.397 e. The lowest BCUT2D eigenvalue weighted by atomic mass is 10.1. The van der Waals surface area contributed by atoms with Crippen LogP contribution in [-0.2, 0) is 9.47 Å². The largest absolute Gasteiger partial charge is 0.397 e. The number of hydrogen-bond acceptors (Lipinski definition) is 4. The lowest BCUT2D eigenvalue weighted by Gasteiger charge is -2.26. The van der Waals surface area contributed by atoms with Gasteiger partial charge in [0.05, 0.1) is 24.6 Å². The Hall–Kier alpha value is -1.26. The maximum absolute atomic E-state index is 6.17. The standard InChI is InChI=1S/C15H26N2O2/c1-4-18-11-9-17(10-12-19-5-2)14-8-6-7-13(3)15(14)16/h6-8H,4-5,9-12,16H2,1-3H3. The SMILES string of the molecule is CCOCCN(CCOCC)c1cccc(C)c1N. The van der Waals surface area contributed by atoms with E-state index < -0.39 is 0 Å². The molecule has 0 bridgehead atoms. The number of nitrogens with two attached hydrogens (primary N) is 1. The summed E-state index contributed by atoms with van der Waals surface area (Å²) in [4.78, 5) is 2.23. The van der Waals surface area contributed by atoms with Gasteiger partial charge in [0.15, 0.2) is 0 Å². The first kappa shape index (κ1) is 15.8. The minimum absolute atomic E-state index is 0.704. The molecule has 0 atom stereocenters. The highest BCUT2D eigenvalue weighted by atomic mass is 16.5. The van der Waals surface area contributed by atoms with Gasteiger partial charge in [-0.15, -0.1) is 0 Å². The molecule has 0 aliphatic rings. The second-order valence-electron chi connectivity index (χ2n) is 4.39. The van der Waals surface area contributed by atoms with E-state index >= 15 is 0 Å². The zero-order chi connectivity index (χ0) is 14.1. The van der Waals surface area contributed by atoms with Gasteiger partial charge >= 0.3 is 0 Å². The number of aryl methyl sites for hydroxylation is 1. The van der Waals surface area contributed by atoms with Crippen LogP contribution >= 0.6 is 0 Å². The summed E-state index contributed by atoms with van der Waals surface area (Å²) in [6.07, 6.45) is 0. The smallest absolute Gasteiger partial charge is 0.0641 e. The van der Waals surface area contributed by atoms with Crippen molar-refractivity contribution in [2.24, 2.45) is 0 Å². The Labute approximate surface area is 116 Å². The summed E-state index contributed by atoms with van der Waals surface area (Å²) >= 11 is 0. The van der Waals surface area contributed by atoms with Gasteiger partial charge in [-0.05, 0) is 32.4 Å². The third kappa shape index (κ3) is 5.09. The molecule has 0 spiro atoms. The highest BCUT2D eigenvalue weighted by Gasteiger charge is 2.10. The quantitative estimate of drug-likeness (QED) is 0.551. The first-order valence-electron chi connectivity index (χ1n) is 6.96. The number of anilines is 2. The van der Waals surface area contributed by atoms with E-state index in [1.807, 2.05) is 32.9 Å². The van der Waals surface area contributed by atoms with Crippen LogP contribution in [0, 0.1) is 6.92 Å². The van der Waals surface area contributed by atoms with Crippen molar-refractivity contribution in [3.05, 3.63) is 23.8 Å². The van der Waals surface area contributed by atoms with Crippen LogP contribution in [0.2, 0.25) is 0 Å². The molecule has 108 valence electrons. The van der Waals surface area contributed by atoms with Gasteiger partial charge in [0.25, 0.3) is 0 Å². The summed E-state index contributed by atoms with van der Waals surface area (Å²) < 4.78 is 10.9. The number of ether oxygens (including phenoxy) is 2. The summed E-state index contributed by atoms with van der Waals surface area (Å²) in [5, 5.41) is 0.